The van der Waals surface area contributed by atoms with Gasteiger partial charge in [0.25, 0.3) is 0 Å². The van der Waals surface area contributed by atoms with Crippen molar-refractivity contribution >= 4 is 0 Å². The van der Waals surface area contributed by atoms with Gasteiger partial charge in [-0.2, -0.15) is 0 Å². The maximum Gasteiger partial charge on any atom is 0.104 e. The Bertz CT molecular complexity index is 355. The van der Waals surface area contributed by atoms with Crippen molar-refractivity contribution in [1.82, 2.24) is 0 Å². The first-order valence-electron chi connectivity index (χ1n) is 5.03. The lowest BCUT2D eigenvalue weighted by Crippen LogP contribution is -1.91. The molecule has 0 bridgehead atoms. The molecule has 0 radical (unpaired) electrons. The van der Waals surface area contributed by atoms with Crippen LogP contribution in [0.25, 0.3) is 0 Å². The van der Waals surface area contributed by atoms with E-state index in [9.17, 15) is 0 Å². The largest absolute Gasteiger partial charge is 0.384 e. The molecule has 0 aliphatic carbocycles. The van der Waals surface area contributed by atoms with Gasteiger partial charge in [0.2, 0.25) is 0 Å². The lowest BCUT2D eigenvalue weighted by molar-refractivity contribution is 0.350. The Morgan fingerprint density at radius 1 is 1.14 bits per heavy atom. The van der Waals surface area contributed by atoms with Crippen molar-refractivity contribution in [1.29, 1.82) is 0 Å². The molecule has 14 heavy (non-hydrogen) atoms. The fraction of sp³-hybridized carbons (Fsp3) is 0.385. The van der Waals surface area contributed by atoms with Gasteiger partial charge >= 0.3 is 0 Å². The molecule has 0 saturated carbocycles. The topological polar surface area (TPSA) is 20.2 Å². The summed E-state index contributed by atoms with van der Waals surface area (Å²) in [6, 6.07) is 6.25. The Morgan fingerprint density at radius 3 is 2.43 bits per heavy atom. The number of aryl methyl sites for hydroxylation is 2. The van der Waals surface area contributed by atoms with E-state index in [0.717, 1.165) is 18.4 Å². The van der Waals surface area contributed by atoms with Crippen LogP contribution < -0.4 is 0 Å². The molecule has 0 heterocycles. The van der Waals surface area contributed by atoms with Crippen LogP contribution in [0.4, 0.5) is 0 Å². The molecule has 74 valence electrons. The van der Waals surface area contributed by atoms with Gasteiger partial charge in [-0.1, -0.05) is 31.8 Å². The molecule has 1 aromatic rings. The number of benzene rings is 1. The molecular formula is C13H16O. The van der Waals surface area contributed by atoms with Crippen molar-refractivity contribution < 1.29 is 5.11 Å². The zero-order valence-corrected chi connectivity index (χ0v) is 8.80. The molecule has 1 rings (SSSR count). The van der Waals surface area contributed by atoms with Crippen LogP contribution in [0.1, 0.15) is 30.5 Å². The SMILES string of the molecule is CCc1ccc(C#CCO)cc1CC. The van der Waals surface area contributed by atoms with Gasteiger partial charge < -0.3 is 5.11 Å². The molecule has 0 spiro atoms. The molecule has 0 fully saturated rings. The van der Waals surface area contributed by atoms with Gasteiger partial charge in [0.05, 0.1) is 0 Å². The minimum atomic E-state index is -0.0724. The van der Waals surface area contributed by atoms with E-state index in [2.05, 4.69) is 37.8 Å². The average molecular weight is 188 g/mol. The molecular weight excluding hydrogens is 172 g/mol. The molecule has 0 aliphatic heterocycles. The molecule has 1 aromatic carbocycles. The van der Waals surface area contributed by atoms with Crippen molar-refractivity contribution in [3.63, 3.8) is 0 Å². The van der Waals surface area contributed by atoms with Gasteiger partial charge in [0, 0.05) is 5.56 Å². The van der Waals surface area contributed by atoms with Crippen LogP contribution in [0, 0.1) is 11.8 Å². The van der Waals surface area contributed by atoms with E-state index in [1.54, 1.807) is 0 Å². The normalized spacial score (nSPS) is 9.36. The summed E-state index contributed by atoms with van der Waals surface area (Å²) in [5.74, 6) is 5.58. The second-order valence-corrected chi connectivity index (χ2v) is 3.15. The fourth-order valence-electron chi connectivity index (χ4n) is 1.52. The zero-order valence-electron chi connectivity index (χ0n) is 8.80. The number of aliphatic hydroxyl groups excluding tert-OH is 1. The third-order valence-electron chi connectivity index (χ3n) is 2.28. The summed E-state index contributed by atoms with van der Waals surface area (Å²) in [5, 5.41) is 8.58. The molecule has 0 saturated heterocycles. The summed E-state index contributed by atoms with van der Waals surface area (Å²) < 4.78 is 0. The second kappa shape index (κ2) is 5.47. The van der Waals surface area contributed by atoms with E-state index in [-0.39, 0.29) is 6.61 Å². The number of rotatable bonds is 2. The van der Waals surface area contributed by atoms with Crippen molar-refractivity contribution in [2.24, 2.45) is 0 Å². The monoisotopic (exact) mass is 188 g/mol. The third-order valence-corrected chi connectivity index (χ3v) is 2.28. The van der Waals surface area contributed by atoms with E-state index < -0.39 is 0 Å². The lowest BCUT2D eigenvalue weighted by atomic mass is 10.0. The maximum atomic E-state index is 8.58. The van der Waals surface area contributed by atoms with Crippen molar-refractivity contribution in [2.45, 2.75) is 26.7 Å². The Kier molecular flexibility index (Phi) is 4.22. The Morgan fingerprint density at radius 2 is 1.86 bits per heavy atom. The molecule has 0 aromatic heterocycles. The van der Waals surface area contributed by atoms with Crippen LogP contribution in [0.3, 0.4) is 0 Å². The fourth-order valence-corrected chi connectivity index (χ4v) is 1.52. The van der Waals surface area contributed by atoms with Gasteiger partial charge in [-0.15, -0.1) is 0 Å². The minimum absolute atomic E-state index is 0.0724. The van der Waals surface area contributed by atoms with Crippen LogP contribution in [0.5, 0.6) is 0 Å². The molecule has 1 nitrogen and oxygen atoms in total. The summed E-state index contributed by atoms with van der Waals surface area (Å²) in [6.07, 6.45) is 2.11. The maximum absolute atomic E-state index is 8.58. The molecule has 0 amide bonds. The van der Waals surface area contributed by atoms with E-state index >= 15 is 0 Å². The quantitative estimate of drug-likeness (QED) is 0.705. The zero-order chi connectivity index (χ0) is 10.4. The first-order valence-corrected chi connectivity index (χ1v) is 5.03. The molecule has 0 atom stereocenters. The van der Waals surface area contributed by atoms with E-state index in [0.29, 0.717) is 0 Å². The van der Waals surface area contributed by atoms with Gasteiger partial charge in [-0.05, 0) is 36.1 Å². The van der Waals surface area contributed by atoms with Crippen molar-refractivity contribution in [3.8, 4) is 11.8 Å². The predicted molar refractivity (Wildman–Crippen MR) is 59.2 cm³/mol. The van der Waals surface area contributed by atoms with Crippen LogP contribution in [0.2, 0.25) is 0 Å². The van der Waals surface area contributed by atoms with Crippen LogP contribution >= 0.6 is 0 Å². The number of aliphatic hydroxyl groups is 1. The predicted octanol–water partition coefficient (Wildman–Crippen LogP) is 2.16. The first kappa shape index (κ1) is 10.8. The third kappa shape index (κ3) is 2.61. The van der Waals surface area contributed by atoms with Crippen LogP contribution in [0.15, 0.2) is 18.2 Å². The van der Waals surface area contributed by atoms with Gasteiger partial charge in [-0.25, -0.2) is 0 Å². The Balaban J connectivity index is 3.01. The summed E-state index contributed by atoms with van der Waals surface area (Å²) in [4.78, 5) is 0. The lowest BCUT2D eigenvalue weighted by Gasteiger charge is -2.05. The standard InChI is InChI=1S/C13H16O/c1-3-12-8-7-11(6-5-9-14)10-13(12)4-2/h7-8,10,14H,3-4,9H2,1-2H3. The number of hydrogen-bond acceptors (Lipinski definition) is 1. The highest BCUT2D eigenvalue weighted by Crippen LogP contribution is 2.12. The smallest absolute Gasteiger partial charge is 0.104 e. The van der Waals surface area contributed by atoms with Gasteiger partial charge in [0.1, 0.15) is 6.61 Å². The summed E-state index contributed by atoms with van der Waals surface area (Å²) in [7, 11) is 0. The Labute approximate surface area is 85.8 Å². The van der Waals surface area contributed by atoms with Crippen LogP contribution in [-0.4, -0.2) is 11.7 Å². The van der Waals surface area contributed by atoms with Gasteiger partial charge in [-0.3, -0.25) is 0 Å². The summed E-state index contributed by atoms with van der Waals surface area (Å²) in [5.41, 5.74) is 3.74. The van der Waals surface area contributed by atoms with Gasteiger partial charge in [0.15, 0.2) is 0 Å². The molecule has 0 aliphatic rings. The highest BCUT2D eigenvalue weighted by molar-refractivity contribution is 5.41. The van der Waals surface area contributed by atoms with Crippen LogP contribution in [-0.2, 0) is 12.8 Å². The highest BCUT2D eigenvalue weighted by atomic mass is 16.2. The van der Waals surface area contributed by atoms with Crippen molar-refractivity contribution in [3.05, 3.63) is 34.9 Å². The molecule has 0 unspecified atom stereocenters. The minimum Gasteiger partial charge on any atom is -0.384 e. The molecule has 1 heteroatoms. The van der Waals surface area contributed by atoms with E-state index in [1.165, 1.54) is 11.1 Å². The summed E-state index contributed by atoms with van der Waals surface area (Å²) >= 11 is 0. The average Bonchev–Trinajstić information content (AvgIpc) is 2.25. The summed E-state index contributed by atoms with van der Waals surface area (Å²) in [6.45, 7) is 4.24. The van der Waals surface area contributed by atoms with E-state index in [1.807, 2.05) is 6.07 Å². The second-order valence-electron chi connectivity index (χ2n) is 3.15. The van der Waals surface area contributed by atoms with E-state index in [4.69, 9.17) is 5.11 Å². The number of hydrogen-bond donors (Lipinski definition) is 1. The highest BCUT2D eigenvalue weighted by Gasteiger charge is 1.98. The Hall–Kier alpha value is -1.26. The molecule has 1 N–H and O–H groups in total. The van der Waals surface area contributed by atoms with Crippen molar-refractivity contribution in [2.75, 3.05) is 6.61 Å². The first-order chi connectivity index (χ1) is 6.81.